The molecule has 4 aliphatic rings. The summed E-state index contributed by atoms with van der Waals surface area (Å²) in [4.78, 5) is 40.5. The zero-order valence-corrected chi connectivity index (χ0v) is 31.2. The maximum absolute atomic E-state index is 12.7. The average molecular weight is 772 g/mol. The van der Waals surface area contributed by atoms with E-state index in [0.29, 0.717) is 42.1 Å². The molecule has 3 aliphatic heterocycles. The van der Waals surface area contributed by atoms with Gasteiger partial charge in [-0.2, -0.15) is 0 Å². The number of imide groups is 1. The van der Waals surface area contributed by atoms with E-state index in [0.717, 1.165) is 63.9 Å². The Hall–Kier alpha value is -5.41. The van der Waals surface area contributed by atoms with E-state index in [4.69, 9.17) is 9.47 Å². The number of hydrogen-bond acceptors (Lipinski definition) is 7. The van der Waals surface area contributed by atoms with Gasteiger partial charge in [-0.15, -0.1) is 0 Å². The minimum Gasteiger partial charge on any atom is -0.508 e. The van der Waals surface area contributed by atoms with Gasteiger partial charge in [-0.3, -0.25) is 19.7 Å². The number of aryl methyl sites for hydroxylation is 1. The molecule has 2 N–H and O–H groups in total. The van der Waals surface area contributed by atoms with Crippen LogP contribution in [0.5, 0.6) is 17.2 Å². The average Bonchev–Trinajstić information content (AvgIpc) is 3.56. The molecule has 57 heavy (non-hydrogen) atoms. The molecule has 0 radical (unpaired) electrons. The third-order valence-electron chi connectivity index (χ3n) is 11.8. The topological polar surface area (TPSA) is 108 Å². The van der Waals surface area contributed by atoms with Crippen molar-refractivity contribution >= 4 is 17.7 Å². The molecule has 9 nitrogen and oxygen atoms in total. The molecule has 3 amide bonds. The smallest absolute Gasteiger partial charge is 0.251 e. The van der Waals surface area contributed by atoms with Gasteiger partial charge in [0.1, 0.15) is 29.0 Å². The number of phenolic OH excluding ortho intramolecular Hbond substituents is 1. The minimum absolute atomic E-state index is 0. The number of rotatable bonds is 12. The highest BCUT2D eigenvalue weighted by Crippen LogP contribution is 2.47. The predicted molar refractivity (Wildman–Crippen MR) is 224 cm³/mol. The summed E-state index contributed by atoms with van der Waals surface area (Å²) in [7, 11) is 0. The first-order valence-corrected chi connectivity index (χ1v) is 19.8. The molecule has 1 unspecified atom stereocenters. The number of amides is 3. The number of hydrogen-bond donors (Lipinski definition) is 2. The molecule has 3 atom stereocenters. The first-order chi connectivity index (χ1) is 26.9. The number of piperidine rings is 2. The van der Waals surface area contributed by atoms with E-state index in [9.17, 15) is 19.5 Å². The van der Waals surface area contributed by atoms with Crippen molar-refractivity contribution in [1.29, 1.82) is 0 Å². The Labute approximate surface area is 337 Å². The molecule has 300 valence electrons. The Balaban J connectivity index is 0.00000275. The van der Waals surface area contributed by atoms with Gasteiger partial charge < -0.3 is 24.4 Å². The van der Waals surface area contributed by atoms with Crippen LogP contribution < -0.4 is 14.8 Å². The van der Waals surface area contributed by atoms with Crippen molar-refractivity contribution in [3.05, 3.63) is 137 Å². The standard InChI is InChI=1S/C46H49N3O6.2CH4/c50-36-14-18-41-35(27-36)13-17-40(32-7-2-1-3-8-32)45(41)33-11-15-37(16-12-33)54-26-5-4-23-48-24-21-31(22-25-48)34-9-6-10-38(28-34)55-39-29-44(52)49(30-39)42-19-20-43(51)47-46(42)53;;/h1-3,6-12,14-16,18,27-29,31,40,42,45,50H,4-5,13,17,19-26,30H2,(H,47,51,53);2*1H4/t40-,42?,45+;;/m1../s1. The van der Waals surface area contributed by atoms with Gasteiger partial charge in [-0.1, -0.05) is 75.5 Å². The Kier molecular flexibility index (Phi) is 13.5. The van der Waals surface area contributed by atoms with Crippen LogP contribution in [0.25, 0.3) is 0 Å². The molecule has 4 aromatic carbocycles. The second kappa shape index (κ2) is 18.7. The van der Waals surface area contributed by atoms with Crippen LogP contribution in [-0.2, 0) is 20.8 Å². The number of ether oxygens (including phenoxy) is 2. The highest BCUT2D eigenvalue weighted by molar-refractivity contribution is 6.03. The minimum atomic E-state index is -0.651. The summed E-state index contributed by atoms with van der Waals surface area (Å²) in [5.41, 5.74) is 6.41. The lowest BCUT2D eigenvalue weighted by molar-refractivity contribution is -0.142. The summed E-state index contributed by atoms with van der Waals surface area (Å²) in [6, 6.07) is 32.8. The maximum atomic E-state index is 12.7. The number of aromatic hydroxyl groups is 1. The highest BCUT2D eigenvalue weighted by Gasteiger charge is 2.37. The van der Waals surface area contributed by atoms with Gasteiger partial charge in [0.2, 0.25) is 11.8 Å². The number of likely N-dealkylation sites (tertiary alicyclic amines) is 1. The van der Waals surface area contributed by atoms with Gasteiger partial charge in [0.05, 0.1) is 13.2 Å². The van der Waals surface area contributed by atoms with Crippen molar-refractivity contribution in [2.75, 3.05) is 32.8 Å². The molecule has 1 aliphatic carbocycles. The van der Waals surface area contributed by atoms with Crippen LogP contribution in [0, 0.1) is 0 Å². The zero-order chi connectivity index (χ0) is 37.7. The number of nitrogens with zero attached hydrogens (tertiary/aromatic N) is 2. The van der Waals surface area contributed by atoms with Crippen LogP contribution in [-0.4, -0.2) is 71.5 Å². The third kappa shape index (κ3) is 9.59. The summed E-state index contributed by atoms with van der Waals surface area (Å²) >= 11 is 0. The molecular weight excluding hydrogens is 715 g/mol. The molecule has 0 saturated carbocycles. The number of nitrogens with one attached hydrogen (secondary N) is 1. The first kappa shape index (κ1) is 41.2. The Bertz CT molecular complexity index is 2040. The Morgan fingerprint density at radius 2 is 1.51 bits per heavy atom. The molecular formula is C48H57N3O6. The molecule has 0 spiro atoms. The fourth-order valence-corrected chi connectivity index (χ4v) is 8.97. The lowest BCUT2D eigenvalue weighted by Crippen LogP contribution is -2.53. The largest absolute Gasteiger partial charge is 0.508 e. The van der Waals surface area contributed by atoms with Gasteiger partial charge >= 0.3 is 0 Å². The quantitative estimate of drug-likeness (QED) is 0.110. The number of benzene rings is 4. The van der Waals surface area contributed by atoms with Gasteiger partial charge in [-0.05, 0) is 141 Å². The Morgan fingerprint density at radius 1 is 0.737 bits per heavy atom. The van der Waals surface area contributed by atoms with Crippen molar-refractivity contribution in [3.63, 3.8) is 0 Å². The van der Waals surface area contributed by atoms with Crippen LogP contribution in [0.4, 0.5) is 0 Å². The molecule has 2 fully saturated rings. The number of carbonyl (C=O) groups is 3. The maximum Gasteiger partial charge on any atom is 0.251 e. The van der Waals surface area contributed by atoms with Crippen LogP contribution in [0.2, 0.25) is 0 Å². The second-order valence-corrected chi connectivity index (χ2v) is 15.4. The Morgan fingerprint density at radius 3 is 2.28 bits per heavy atom. The van der Waals surface area contributed by atoms with Crippen LogP contribution in [0.3, 0.4) is 0 Å². The monoisotopic (exact) mass is 771 g/mol. The van der Waals surface area contributed by atoms with Crippen LogP contribution in [0.15, 0.2) is 109 Å². The van der Waals surface area contributed by atoms with E-state index in [2.05, 4.69) is 83.0 Å². The van der Waals surface area contributed by atoms with E-state index in [1.165, 1.54) is 38.8 Å². The van der Waals surface area contributed by atoms with Crippen molar-refractivity contribution in [3.8, 4) is 17.2 Å². The SMILES string of the molecule is C.C.O=C1CCC(N2CC(Oc3cccc(C4CCN(CCCCOc5ccc([C@@H]6c7ccc(O)cc7CC[C@@H]6c6ccccc6)cc5)CC4)c3)=CC2=O)C(=O)N1. The fourth-order valence-electron chi connectivity index (χ4n) is 8.97. The fraction of sp³-hybridized carbons (Fsp3) is 0.396. The van der Waals surface area contributed by atoms with Crippen molar-refractivity contribution in [1.82, 2.24) is 15.1 Å². The van der Waals surface area contributed by atoms with Crippen molar-refractivity contribution in [2.24, 2.45) is 0 Å². The highest BCUT2D eigenvalue weighted by atomic mass is 16.5. The van der Waals surface area contributed by atoms with E-state index >= 15 is 0 Å². The third-order valence-corrected chi connectivity index (χ3v) is 11.8. The second-order valence-electron chi connectivity index (χ2n) is 15.4. The lowest BCUT2D eigenvalue weighted by atomic mass is 9.69. The molecule has 4 aromatic rings. The van der Waals surface area contributed by atoms with E-state index in [1.807, 2.05) is 24.3 Å². The number of carbonyl (C=O) groups excluding carboxylic acids is 3. The lowest BCUT2D eigenvalue weighted by Gasteiger charge is -2.35. The first-order valence-electron chi connectivity index (χ1n) is 19.8. The van der Waals surface area contributed by atoms with Gasteiger partial charge in [0.25, 0.3) is 5.91 Å². The van der Waals surface area contributed by atoms with E-state index in [1.54, 1.807) is 0 Å². The summed E-state index contributed by atoms with van der Waals surface area (Å²) in [6.07, 6.45) is 8.24. The van der Waals surface area contributed by atoms with Crippen molar-refractivity contribution in [2.45, 2.75) is 90.0 Å². The molecule has 2 saturated heterocycles. The summed E-state index contributed by atoms with van der Waals surface area (Å²) < 4.78 is 12.3. The van der Waals surface area contributed by atoms with Gasteiger partial charge in [0.15, 0.2) is 0 Å². The molecule has 0 bridgehead atoms. The number of unbranched alkanes of at least 4 members (excludes halogenated alkanes) is 1. The van der Waals surface area contributed by atoms with Crippen molar-refractivity contribution < 1.29 is 29.0 Å². The number of phenols is 1. The number of fused-ring (bicyclic) bond motifs is 1. The van der Waals surface area contributed by atoms with E-state index in [-0.39, 0.29) is 45.6 Å². The molecule has 3 heterocycles. The molecule has 8 rings (SSSR count). The van der Waals surface area contributed by atoms with E-state index < -0.39 is 11.9 Å². The van der Waals surface area contributed by atoms with Gasteiger partial charge in [0, 0.05) is 18.4 Å². The summed E-state index contributed by atoms with van der Waals surface area (Å²) in [5, 5.41) is 12.5. The molecule has 0 aromatic heterocycles. The predicted octanol–water partition coefficient (Wildman–Crippen LogP) is 8.48. The van der Waals surface area contributed by atoms with Gasteiger partial charge in [-0.25, -0.2) is 0 Å². The summed E-state index contributed by atoms with van der Waals surface area (Å²) in [5.74, 6) is 2.49. The molecule has 9 heteroatoms. The normalized spacial score (nSPS) is 21.1. The summed E-state index contributed by atoms with van der Waals surface area (Å²) in [6.45, 7) is 4.05. The van der Waals surface area contributed by atoms with Crippen LogP contribution >= 0.6 is 0 Å². The van der Waals surface area contributed by atoms with Crippen LogP contribution in [0.1, 0.15) is 105 Å². The zero-order valence-electron chi connectivity index (χ0n) is 31.2.